The van der Waals surface area contributed by atoms with Gasteiger partial charge in [-0.1, -0.05) is 0 Å². The van der Waals surface area contributed by atoms with Crippen molar-refractivity contribution in [1.82, 2.24) is 20.1 Å². The molecule has 3 aliphatic heterocycles. The number of halogens is 3. The summed E-state index contributed by atoms with van der Waals surface area (Å²) in [5, 5.41) is 3.08. The van der Waals surface area contributed by atoms with E-state index in [0.717, 1.165) is 38.8 Å². The molecule has 3 saturated heterocycles. The summed E-state index contributed by atoms with van der Waals surface area (Å²) in [6, 6.07) is 0.761. The van der Waals surface area contributed by atoms with Gasteiger partial charge < -0.3 is 5.32 Å². The van der Waals surface area contributed by atoms with Gasteiger partial charge in [0, 0.05) is 56.7 Å². The van der Waals surface area contributed by atoms with Crippen LogP contribution < -0.4 is 5.32 Å². The predicted octanol–water partition coefficient (Wildman–Crippen LogP) is 1.36. The minimum atomic E-state index is -4.35. The summed E-state index contributed by atoms with van der Waals surface area (Å²) in [4.78, 5) is 8.52. The monoisotopic (exact) mass is 300 g/mol. The zero-order chi connectivity index (χ0) is 15.0. The van der Waals surface area contributed by atoms with Crippen molar-refractivity contribution in [2.45, 2.75) is 18.3 Å². The fourth-order valence-electron chi connectivity index (χ4n) is 3.44. The van der Waals surface area contributed by atoms with Gasteiger partial charge >= 0.3 is 6.18 Å². The molecule has 2 bridgehead atoms. The van der Waals surface area contributed by atoms with Crippen molar-refractivity contribution in [2.24, 2.45) is 0 Å². The number of piperazine rings is 3. The van der Waals surface area contributed by atoms with Gasteiger partial charge in [-0.15, -0.1) is 0 Å². The number of pyridine rings is 1. The van der Waals surface area contributed by atoms with Gasteiger partial charge in [0.05, 0.1) is 11.6 Å². The van der Waals surface area contributed by atoms with Crippen LogP contribution in [0.2, 0.25) is 0 Å². The Bertz CT molecular complexity index is 497. The first-order valence-corrected chi connectivity index (χ1v) is 7.15. The molecule has 116 valence electrons. The predicted molar refractivity (Wildman–Crippen MR) is 72.8 cm³/mol. The Kier molecular flexibility index (Phi) is 3.90. The molecular formula is C14H19F3N4. The van der Waals surface area contributed by atoms with Gasteiger partial charge in [0.15, 0.2) is 0 Å². The number of alkyl halides is 3. The summed E-state index contributed by atoms with van der Waals surface area (Å²) in [6.07, 6.45) is -1.80. The van der Waals surface area contributed by atoms with Crippen LogP contribution in [0.5, 0.6) is 0 Å². The largest absolute Gasteiger partial charge is 0.416 e. The van der Waals surface area contributed by atoms with Gasteiger partial charge in [-0.25, -0.2) is 0 Å². The number of nitrogens with one attached hydrogen (secondary N) is 1. The van der Waals surface area contributed by atoms with Gasteiger partial charge in [0.1, 0.15) is 0 Å². The Hall–Kier alpha value is -1.18. The molecule has 1 aromatic rings. The van der Waals surface area contributed by atoms with Crippen LogP contribution in [0.25, 0.3) is 0 Å². The fourth-order valence-corrected chi connectivity index (χ4v) is 3.44. The quantitative estimate of drug-likeness (QED) is 0.913. The molecule has 0 aromatic carbocycles. The summed E-state index contributed by atoms with van der Waals surface area (Å²) in [5.74, 6) is 0. The van der Waals surface area contributed by atoms with Crippen molar-refractivity contribution in [1.29, 1.82) is 0 Å². The van der Waals surface area contributed by atoms with E-state index in [1.807, 2.05) is 0 Å². The highest BCUT2D eigenvalue weighted by molar-refractivity contribution is 5.31. The molecule has 4 rings (SSSR count). The molecular weight excluding hydrogens is 281 g/mol. The second kappa shape index (κ2) is 5.55. The number of likely N-dealkylation sites (N-methyl/N-ethyl adjacent to an activating group) is 1. The first-order chi connectivity index (χ1) is 10.0. The second-order valence-corrected chi connectivity index (χ2v) is 5.63. The third kappa shape index (κ3) is 2.77. The number of aromatic nitrogens is 1. The number of hydrogen-bond donors (Lipinski definition) is 1. The smallest absolute Gasteiger partial charge is 0.312 e. The molecule has 0 aliphatic carbocycles. The average Bonchev–Trinajstić information content (AvgIpc) is 2.49. The molecule has 2 atom stereocenters. The second-order valence-electron chi connectivity index (χ2n) is 5.63. The van der Waals surface area contributed by atoms with Crippen LogP contribution in [0.1, 0.15) is 17.2 Å². The van der Waals surface area contributed by atoms with Gasteiger partial charge in [0.2, 0.25) is 0 Å². The zero-order valence-corrected chi connectivity index (χ0v) is 11.9. The van der Waals surface area contributed by atoms with E-state index in [-0.39, 0.29) is 17.6 Å². The minimum Gasteiger partial charge on any atom is -0.312 e. The van der Waals surface area contributed by atoms with E-state index in [0.29, 0.717) is 0 Å². The summed E-state index contributed by atoms with van der Waals surface area (Å²) in [6.45, 7) is 4.66. The summed E-state index contributed by atoms with van der Waals surface area (Å²) in [5.41, 5.74) is -0.347. The minimum absolute atomic E-state index is 0.0581. The van der Waals surface area contributed by atoms with Crippen LogP contribution in [-0.2, 0) is 6.18 Å². The van der Waals surface area contributed by atoms with E-state index in [4.69, 9.17) is 0 Å². The standard InChI is InChI=1S/C14H19F3N4/c1-18-13(12-9-20-4-6-21(12)7-5-20)10-8-19-3-2-11(10)14(15,16)17/h2-3,8,12-13,18H,4-7,9H2,1H3. The maximum absolute atomic E-state index is 13.2. The molecule has 0 amide bonds. The van der Waals surface area contributed by atoms with Crippen molar-refractivity contribution >= 4 is 0 Å². The fraction of sp³-hybridized carbons (Fsp3) is 0.643. The average molecular weight is 300 g/mol. The van der Waals surface area contributed by atoms with E-state index < -0.39 is 11.7 Å². The highest BCUT2D eigenvalue weighted by atomic mass is 19.4. The van der Waals surface area contributed by atoms with E-state index >= 15 is 0 Å². The molecule has 0 spiro atoms. The van der Waals surface area contributed by atoms with Gasteiger partial charge in [-0.2, -0.15) is 13.2 Å². The molecule has 0 radical (unpaired) electrons. The van der Waals surface area contributed by atoms with Crippen LogP contribution in [0.4, 0.5) is 13.2 Å². The third-order valence-electron chi connectivity index (χ3n) is 4.51. The van der Waals surface area contributed by atoms with Gasteiger partial charge in [-0.05, 0) is 13.1 Å². The molecule has 3 fully saturated rings. The Morgan fingerprint density at radius 1 is 1.29 bits per heavy atom. The van der Waals surface area contributed by atoms with Crippen LogP contribution in [0.15, 0.2) is 18.5 Å². The molecule has 4 heterocycles. The van der Waals surface area contributed by atoms with Crippen LogP contribution in [-0.4, -0.2) is 60.6 Å². The Balaban J connectivity index is 1.94. The van der Waals surface area contributed by atoms with E-state index in [2.05, 4.69) is 20.1 Å². The third-order valence-corrected chi connectivity index (χ3v) is 4.51. The summed E-state index contributed by atoms with van der Waals surface area (Å²) < 4.78 is 39.7. The van der Waals surface area contributed by atoms with Gasteiger partial charge in [-0.3, -0.25) is 14.8 Å². The van der Waals surface area contributed by atoms with Crippen molar-refractivity contribution in [2.75, 3.05) is 39.8 Å². The number of fused-ring (bicyclic) bond motifs is 3. The number of rotatable bonds is 3. The highest BCUT2D eigenvalue weighted by Gasteiger charge is 2.41. The molecule has 21 heavy (non-hydrogen) atoms. The first kappa shape index (κ1) is 14.7. The maximum Gasteiger partial charge on any atom is 0.416 e. The Morgan fingerprint density at radius 2 is 2.00 bits per heavy atom. The molecule has 7 heteroatoms. The normalized spacial score (nSPS) is 30.4. The summed E-state index contributed by atoms with van der Waals surface area (Å²) >= 11 is 0. The number of nitrogens with zero attached hydrogens (tertiary/aromatic N) is 3. The van der Waals surface area contributed by atoms with E-state index in [9.17, 15) is 13.2 Å². The van der Waals surface area contributed by atoms with Crippen LogP contribution in [0.3, 0.4) is 0 Å². The first-order valence-electron chi connectivity index (χ1n) is 7.15. The Labute approximate surface area is 121 Å². The summed E-state index contributed by atoms with van der Waals surface area (Å²) in [7, 11) is 1.72. The molecule has 4 nitrogen and oxygen atoms in total. The zero-order valence-electron chi connectivity index (χ0n) is 11.9. The molecule has 1 N–H and O–H groups in total. The molecule has 3 aliphatic rings. The lowest BCUT2D eigenvalue weighted by Crippen LogP contribution is -2.63. The molecule has 0 saturated carbocycles. The topological polar surface area (TPSA) is 31.4 Å². The van der Waals surface area contributed by atoms with Crippen molar-refractivity contribution < 1.29 is 13.2 Å². The lowest BCUT2D eigenvalue weighted by Gasteiger charge is -2.50. The van der Waals surface area contributed by atoms with E-state index in [1.54, 1.807) is 7.05 Å². The molecule has 1 aromatic heterocycles. The Morgan fingerprint density at radius 3 is 2.52 bits per heavy atom. The van der Waals surface area contributed by atoms with Gasteiger partial charge in [0.25, 0.3) is 0 Å². The van der Waals surface area contributed by atoms with Crippen LogP contribution in [0, 0.1) is 0 Å². The maximum atomic E-state index is 13.2. The lowest BCUT2D eigenvalue weighted by atomic mass is 9.92. The van der Waals surface area contributed by atoms with Crippen molar-refractivity contribution in [3.05, 3.63) is 29.6 Å². The SMILES string of the molecule is CNC(c1cnccc1C(F)(F)F)C1CN2CCN1CC2. The van der Waals surface area contributed by atoms with Crippen molar-refractivity contribution in [3.63, 3.8) is 0 Å². The van der Waals surface area contributed by atoms with Crippen molar-refractivity contribution in [3.8, 4) is 0 Å². The highest BCUT2D eigenvalue weighted by Crippen LogP contribution is 2.36. The van der Waals surface area contributed by atoms with Crippen LogP contribution >= 0.6 is 0 Å². The molecule has 2 unspecified atom stereocenters. The number of hydrogen-bond acceptors (Lipinski definition) is 4. The van der Waals surface area contributed by atoms with E-state index in [1.165, 1.54) is 12.4 Å². The lowest BCUT2D eigenvalue weighted by molar-refractivity contribution is -0.138.